The number of carbonyl (C=O) groups is 2. The minimum Gasteiger partial charge on any atom is -0.348 e. The number of likely N-dealkylation sites (N-methyl/N-ethyl adjacent to an activating group) is 1. The Hall–Kier alpha value is -1.10. The molecule has 15 heavy (non-hydrogen) atoms. The van der Waals surface area contributed by atoms with Crippen LogP contribution in [-0.4, -0.2) is 50.4 Å². The minimum absolute atomic E-state index is 0.493. The number of nitrogens with one attached hydrogen (secondary N) is 2. The van der Waals surface area contributed by atoms with Gasteiger partial charge in [0.25, 0.3) is 0 Å². The van der Waals surface area contributed by atoms with E-state index in [1.54, 1.807) is 0 Å². The molecule has 0 aliphatic rings. The fraction of sp³-hybridized carbons (Fsp3) is 0.800. The Morgan fingerprint density at radius 2 is 1.60 bits per heavy atom. The molecular formula is C10H21N3O2. The van der Waals surface area contributed by atoms with Gasteiger partial charge in [0.05, 0.1) is 0 Å². The van der Waals surface area contributed by atoms with Crippen molar-refractivity contribution in [3.63, 3.8) is 0 Å². The number of rotatable bonds is 6. The van der Waals surface area contributed by atoms with Gasteiger partial charge in [0, 0.05) is 19.6 Å². The Morgan fingerprint density at radius 3 is 2.07 bits per heavy atom. The van der Waals surface area contributed by atoms with Crippen LogP contribution in [-0.2, 0) is 9.59 Å². The highest BCUT2D eigenvalue weighted by Crippen LogP contribution is 1.82. The molecule has 0 unspecified atom stereocenters. The van der Waals surface area contributed by atoms with E-state index in [1.807, 2.05) is 25.9 Å². The first-order valence-electron chi connectivity index (χ1n) is 5.28. The molecule has 2 N–H and O–H groups in total. The van der Waals surface area contributed by atoms with Gasteiger partial charge in [-0.05, 0) is 20.5 Å². The lowest BCUT2D eigenvalue weighted by atomic mass is 10.3. The molecule has 0 saturated carbocycles. The van der Waals surface area contributed by atoms with E-state index in [2.05, 4.69) is 10.6 Å². The third kappa shape index (κ3) is 7.93. The summed E-state index contributed by atoms with van der Waals surface area (Å²) in [5, 5.41) is 5.10. The third-order valence-corrected chi connectivity index (χ3v) is 1.87. The Labute approximate surface area is 91.2 Å². The summed E-state index contributed by atoms with van der Waals surface area (Å²) in [6.07, 6.45) is 1.90. The Bertz CT molecular complexity index is 205. The maximum Gasteiger partial charge on any atom is 0.309 e. The fourth-order valence-corrected chi connectivity index (χ4v) is 0.932. The molecular weight excluding hydrogens is 194 g/mol. The predicted octanol–water partition coefficient (Wildman–Crippen LogP) is -0.419. The zero-order valence-electron chi connectivity index (χ0n) is 9.80. The van der Waals surface area contributed by atoms with Crippen molar-refractivity contribution in [2.75, 3.05) is 33.7 Å². The Morgan fingerprint density at radius 1 is 1.07 bits per heavy atom. The van der Waals surface area contributed by atoms with E-state index in [4.69, 9.17) is 0 Å². The van der Waals surface area contributed by atoms with Crippen molar-refractivity contribution in [1.29, 1.82) is 0 Å². The molecule has 0 atom stereocenters. The van der Waals surface area contributed by atoms with Gasteiger partial charge >= 0.3 is 11.8 Å². The average Bonchev–Trinajstić information content (AvgIpc) is 2.17. The molecule has 0 aromatic rings. The zero-order valence-corrected chi connectivity index (χ0v) is 9.80. The standard InChI is InChI=1S/C10H21N3O2/c1-4-5-6-11-9(14)10(15)12-7-8-13(2)3/h4-8H2,1-3H3,(H,11,14)(H,12,15). The lowest BCUT2D eigenvalue weighted by molar-refractivity contribution is -0.139. The van der Waals surface area contributed by atoms with Gasteiger partial charge in [-0.2, -0.15) is 0 Å². The molecule has 2 amide bonds. The van der Waals surface area contributed by atoms with E-state index in [0.717, 1.165) is 19.4 Å². The zero-order chi connectivity index (χ0) is 11.7. The van der Waals surface area contributed by atoms with E-state index in [-0.39, 0.29) is 0 Å². The lowest BCUT2D eigenvalue weighted by Crippen LogP contribution is -2.42. The van der Waals surface area contributed by atoms with Gasteiger partial charge in [-0.25, -0.2) is 0 Å². The smallest absolute Gasteiger partial charge is 0.309 e. The number of nitrogens with zero attached hydrogens (tertiary/aromatic N) is 1. The molecule has 5 nitrogen and oxygen atoms in total. The molecule has 88 valence electrons. The SMILES string of the molecule is CCCCNC(=O)C(=O)NCCN(C)C. The van der Waals surface area contributed by atoms with Crippen LogP contribution in [0.3, 0.4) is 0 Å². The number of hydrogen-bond acceptors (Lipinski definition) is 3. The number of hydrogen-bond donors (Lipinski definition) is 2. The average molecular weight is 215 g/mol. The summed E-state index contributed by atoms with van der Waals surface area (Å²) in [6.45, 7) is 3.82. The first kappa shape index (κ1) is 13.9. The Kier molecular flexibility index (Phi) is 7.62. The highest BCUT2D eigenvalue weighted by Gasteiger charge is 2.11. The van der Waals surface area contributed by atoms with E-state index in [0.29, 0.717) is 13.1 Å². The number of carbonyl (C=O) groups excluding carboxylic acids is 2. The van der Waals surface area contributed by atoms with Crippen LogP contribution >= 0.6 is 0 Å². The largest absolute Gasteiger partial charge is 0.348 e. The summed E-state index contributed by atoms with van der Waals surface area (Å²) in [5.74, 6) is -1.09. The van der Waals surface area contributed by atoms with Crippen molar-refractivity contribution in [2.45, 2.75) is 19.8 Å². The van der Waals surface area contributed by atoms with Crippen molar-refractivity contribution in [3.05, 3.63) is 0 Å². The van der Waals surface area contributed by atoms with Gasteiger partial charge in [0.1, 0.15) is 0 Å². The van der Waals surface area contributed by atoms with Gasteiger partial charge in [-0.1, -0.05) is 13.3 Å². The molecule has 5 heteroatoms. The summed E-state index contributed by atoms with van der Waals surface area (Å²) >= 11 is 0. The normalized spacial score (nSPS) is 10.1. The highest BCUT2D eigenvalue weighted by molar-refractivity contribution is 6.35. The van der Waals surface area contributed by atoms with Crippen LogP contribution in [0.15, 0.2) is 0 Å². The van der Waals surface area contributed by atoms with Crippen molar-refractivity contribution < 1.29 is 9.59 Å². The summed E-state index contributed by atoms with van der Waals surface area (Å²) in [4.78, 5) is 24.3. The van der Waals surface area contributed by atoms with Crippen molar-refractivity contribution >= 4 is 11.8 Å². The van der Waals surface area contributed by atoms with Crippen LogP contribution in [0.25, 0.3) is 0 Å². The molecule has 0 spiro atoms. The molecule has 0 rings (SSSR count). The second-order valence-electron chi connectivity index (χ2n) is 3.67. The van der Waals surface area contributed by atoms with Crippen molar-refractivity contribution in [1.82, 2.24) is 15.5 Å². The van der Waals surface area contributed by atoms with Crippen LogP contribution < -0.4 is 10.6 Å². The van der Waals surface area contributed by atoms with Crippen molar-refractivity contribution in [3.8, 4) is 0 Å². The molecule has 0 saturated heterocycles. The van der Waals surface area contributed by atoms with Gasteiger partial charge in [-0.3, -0.25) is 9.59 Å². The van der Waals surface area contributed by atoms with E-state index < -0.39 is 11.8 Å². The van der Waals surface area contributed by atoms with Crippen LogP contribution in [0.1, 0.15) is 19.8 Å². The maximum absolute atomic E-state index is 11.2. The lowest BCUT2D eigenvalue weighted by Gasteiger charge is -2.10. The number of amides is 2. The quantitative estimate of drug-likeness (QED) is 0.467. The summed E-state index contributed by atoms with van der Waals surface area (Å²) in [7, 11) is 3.82. The van der Waals surface area contributed by atoms with Crippen LogP contribution in [0, 0.1) is 0 Å². The summed E-state index contributed by atoms with van der Waals surface area (Å²) in [5.41, 5.74) is 0. The fourth-order valence-electron chi connectivity index (χ4n) is 0.932. The molecule has 0 aliphatic heterocycles. The highest BCUT2D eigenvalue weighted by atomic mass is 16.2. The molecule has 0 radical (unpaired) electrons. The van der Waals surface area contributed by atoms with Gasteiger partial charge in [0.15, 0.2) is 0 Å². The second-order valence-corrected chi connectivity index (χ2v) is 3.67. The first-order chi connectivity index (χ1) is 7.07. The first-order valence-corrected chi connectivity index (χ1v) is 5.28. The van der Waals surface area contributed by atoms with Gasteiger partial charge in [0.2, 0.25) is 0 Å². The summed E-state index contributed by atoms with van der Waals surface area (Å²) in [6, 6.07) is 0. The van der Waals surface area contributed by atoms with E-state index >= 15 is 0 Å². The molecule has 0 bridgehead atoms. The second kappa shape index (κ2) is 8.23. The molecule has 0 aliphatic carbocycles. The van der Waals surface area contributed by atoms with Crippen molar-refractivity contribution in [2.24, 2.45) is 0 Å². The minimum atomic E-state index is -0.548. The Balaban J connectivity index is 3.56. The molecule has 0 aromatic carbocycles. The number of unbranched alkanes of at least 4 members (excludes halogenated alkanes) is 1. The third-order valence-electron chi connectivity index (χ3n) is 1.87. The topological polar surface area (TPSA) is 61.4 Å². The molecule has 0 aromatic heterocycles. The summed E-state index contributed by atoms with van der Waals surface area (Å²) < 4.78 is 0. The van der Waals surface area contributed by atoms with Gasteiger partial charge < -0.3 is 15.5 Å². The van der Waals surface area contributed by atoms with Crippen LogP contribution in [0.5, 0.6) is 0 Å². The molecule has 0 fully saturated rings. The van der Waals surface area contributed by atoms with E-state index in [9.17, 15) is 9.59 Å². The van der Waals surface area contributed by atoms with Crippen LogP contribution in [0.4, 0.5) is 0 Å². The monoisotopic (exact) mass is 215 g/mol. The van der Waals surface area contributed by atoms with Crippen LogP contribution in [0.2, 0.25) is 0 Å². The maximum atomic E-state index is 11.2. The molecule has 0 heterocycles. The predicted molar refractivity (Wildman–Crippen MR) is 59.5 cm³/mol. The van der Waals surface area contributed by atoms with E-state index in [1.165, 1.54) is 0 Å². The van der Waals surface area contributed by atoms with Gasteiger partial charge in [-0.15, -0.1) is 0 Å².